The van der Waals surface area contributed by atoms with Crippen molar-refractivity contribution < 1.29 is 22.3 Å². The van der Waals surface area contributed by atoms with Gasteiger partial charge in [0, 0.05) is 13.1 Å². The number of nitrogens with zero attached hydrogens (tertiary/aromatic N) is 3. The number of hydrogen-bond acceptors (Lipinski definition) is 7. The van der Waals surface area contributed by atoms with Crippen molar-refractivity contribution >= 4 is 27.4 Å². The zero-order chi connectivity index (χ0) is 24.8. The van der Waals surface area contributed by atoms with Crippen molar-refractivity contribution in [3.63, 3.8) is 0 Å². The number of sulfone groups is 1. The van der Waals surface area contributed by atoms with E-state index in [1.165, 1.54) is 26.0 Å². The summed E-state index contributed by atoms with van der Waals surface area (Å²) in [6.45, 7) is 5.05. The zero-order valence-electron chi connectivity index (χ0n) is 19.4. The summed E-state index contributed by atoms with van der Waals surface area (Å²) in [5, 5.41) is 0.506. The molecule has 0 atom stereocenters. The molecule has 3 aromatic rings. The lowest BCUT2D eigenvalue weighted by Crippen LogP contribution is -2.36. The third-order valence-corrected chi connectivity index (χ3v) is 8.97. The van der Waals surface area contributed by atoms with Gasteiger partial charge in [0.1, 0.15) is 10.6 Å². The molecule has 0 unspecified atom stereocenters. The van der Waals surface area contributed by atoms with Crippen LogP contribution in [0.25, 0.3) is 11.1 Å². The third-order valence-electron chi connectivity index (χ3n) is 6.48. The first kappa shape index (κ1) is 23.8. The highest BCUT2D eigenvalue weighted by molar-refractivity contribution is 7.93. The number of halogens is 2. The van der Waals surface area contributed by atoms with Crippen molar-refractivity contribution in [3.05, 3.63) is 59.6 Å². The molecule has 2 aliphatic heterocycles. The summed E-state index contributed by atoms with van der Waals surface area (Å²) in [6.07, 6.45) is 4.95. The smallest absolute Gasteiger partial charge is 0.225 e. The lowest BCUT2D eigenvalue weighted by Gasteiger charge is -2.31. The number of benzene rings is 2. The molecule has 2 aromatic carbocycles. The number of piperidine rings is 1. The number of fused-ring (bicyclic) bond motifs is 1. The Morgan fingerprint density at radius 2 is 1.77 bits per heavy atom. The molecule has 35 heavy (non-hydrogen) atoms. The Bertz CT molecular complexity index is 1360. The van der Waals surface area contributed by atoms with E-state index >= 15 is 0 Å². The van der Waals surface area contributed by atoms with Crippen LogP contribution in [-0.2, 0) is 9.84 Å². The van der Waals surface area contributed by atoms with Crippen LogP contribution in [0.1, 0.15) is 26.7 Å². The largest absolute Gasteiger partial charge is 0.490 e. The van der Waals surface area contributed by atoms with E-state index in [4.69, 9.17) is 21.1 Å². The summed E-state index contributed by atoms with van der Waals surface area (Å²) in [5.74, 6) is 0.969. The standard InChI is InChI=1S/C25H25ClFN3O4S/c1-25(2)34-22-12-18(4-6-23(22)35(25,31)32)17-3-5-21(20(27)11-17)33-15-16-7-9-30(10-8-16)24-28-13-19(26)14-29-24/h3-6,11-14,16H,7-10,15H2,1-2H3. The number of aromatic nitrogens is 2. The third kappa shape index (κ3) is 4.54. The number of anilines is 1. The quantitative estimate of drug-likeness (QED) is 0.464. The van der Waals surface area contributed by atoms with E-state index in [0.29, 0.717) is 34.6 Å². The molecular formula is C25H25ClFN3O4S. The van der Waals surface area contributed by atoms with Crippen LogP contribution < -0.4 is 14.4 Å². The van der Waals surface area contributed by atoms with Crippen LogP contribution >= 0.6 is 11.6 Å². The average molecular weight is 518 g/mol. The Balaban J connectivity index is 1.21. The van der Waals surface area contributed by atoms with Crippen molar-refractivity contribution in [2.24, 2.45) is 5.92 Å². The fourth-order valence-electron chi connectivity index (χ4n) is 4.35. The Morgan fingerprint density at radius 3 is 2.46 bits per heavy atom. The second-order valence-electron chi connectivity index (χ2n) is 9.25. The lowest BCUT2D eigenvalue weighted by atomic mass is 9.98. The SMILES string of the molecule is CC1(C)Oc2cc(-c3ccc(OCC4CCN(c5ncc(Cl)cn5)CC4)c(F)c3)ccc2S1(=O)=O. The van der Waals surface area contributed by atoms with Gasteiger partial charge in [-0.1, -0.05) is 23.7 Å². The van der Waals surface area contributed by atoms with Gasteiger partial charge < -0.3 is 14.4 Å². The van der Waals surface area contributed by atoms with Crippen LogP contribution in [0.3, 0.4) is 0 Å². The van der Waals surface area contributed by atoms with E-state index in [1.807, 2.05) is 0 Å². The van der Waals surface area contributed by atoms with Crippen molar-refractivity contribution in [2.75, 3.05) is 24.6 Å². The van der Waals surface area contributed by atoms with Gasteiger partial charge in [0.15, 0.2) is 11.6 Å². The summed E-state index contributed by atoms with van der Waals surface area (Å²) in [6, 6.07) is 9.57. The molecule has 184 valence electrons. The predicted octanol–water partition coefficient (Wildman–Crippen LogP) is 5.13. The van der Waals surface area contributed by atoms with Gasteiger partial charge in [-0.2, -0.15) is 0 Å². The topological polar surface area (TPSA) is 81.6 Å². The van der Waals surface area contributed by atoms with Crippen LogP contribution in [0, 0.1) is 11.7 Å². The molecular weight excluding hydrogens is 493 g/mol. The molecule has 5 rings (SSSR count). The minimum Gasteiger partial charge on any atom is -0.490 e. The van der Waals surface area contributed by atoms with Gasteiger partial charge in [-0.3, -0.25) is 0 Å². The fraction of sp³-hybridized carbons (Fsp3) is 0.360. The highest BCUT2D eigenvalue weighted by Crippen LogP contribution is 2.43. The molecule has 0 spiro atoms. The molecule has 1 saturated heterocycles. The van der Waals surface area contributed by atoms with Crippen LogP contribution in [0.2, 0.25) is 5.02 Å². The molecule has 1 fully saturated rings. The second-order valence-corrected chi connectivity index (χ2v) is 12.1. The molecule has 0 bridgehead atoms. The number of rotatable bonds is 5. The van der Waals surface area contributed by atoms with E-state index in [2.05, 4.69) is 14.9 Å². The maximum Gasteiger partial charge on any atom is 0.225 e. The van der Waals surface area contributed by atoms with Gasteiger partial charge in [-0.05, 0) is 68.0 Å². The maximum absolute atomic E-state index is 14.8. The highest BCUT2D eigenvalue weighted by Gasteiger charge is 2.46. The Kier molecular flexibility index (Phi) is 6.09. The molecule has 2 aliphatic rings. The van der Waals surface area contributed by atoms with Crippen molar-refractivity contribution in [1.29, 1.82) is 0 Å². The summed E-state index contributed by atoms with van der Waals surface area (Å²) in [4.78, 5) is 9.46. The van der Waals surface area contributed by atoms with Gasteiger partial charge in [-0.15, -0.1) is 0 Å². The minimum absolute atomic E-state index is 0.153. The second kappa shape index (κ2) is 8.95. The van der Waals surface area contributed by atoms with Gasteiger partial charge in [0.2, 0.25) is 20.7 Å². The van der Waals surface area contributed by atoms with Gasteiger partial charge in [-0.25, -0.2) is 22.8 Å². The van der Waals surface area contributed by atoms with Crippen LogP contribution in [-0.4, -0.2) is 43.0 Å². The molecule has 3 heterocycles. The highest BCUT2D eigenvalue weighted by atomic mass is 35.5. The van der Waals surface area contributed by atoms with E-state index in [-0.39, 0.29) is 16.4 Å². The van der Waals surface area contributed by atoms with Crippen molar-refractivity contribution in [3.8, 4) is 22.6 Å². The van der Waals surface area contributed by atoms with E-state index in [1.54, 1.807) is 36.7 Å². The Hall–Kier alpha value is -2.91. The van der Waals surface area contributed by atoms with Crippen molar-refractivity contribution in [2.45, 2.75) is 36.5 Å². The minimum atomic E-state index is -3.57. The van der Waals surface area contributed by atoms with E-state index < -0.39 is 20.6 Å². The zero-order valence-corrected chi connectivity index (χ0v) is 20.9. The number of ether oxygens (including phenoxy) is 2. The summed E-state index contributed by atoms with van der Waals surface area (Å²) >= 11 is 5.86. The van der Waals surface area contributed by atoms with E-state index in [9.17, 15) is 12.8 Å². The van der Waals surface area contributed by atoms with Gasteiger partial charge in [0.05, 0.1) is 24.0 Å². The Labute approximate surface area is 208 Å². The first-order valence-electron chi connectivity index (χ1n) is 11.4. The molecule has 0 radical (unpaired) electrons. The van der Waals surface area contributed by atoms with Crippen molar-refractivity contribution in [1.82, 2.24) is 9.97 Å². The number of hydrogen-bond donors (Lipinski definition) is 0. The monoisotopic (exact) mass is 517 g/mol. The van der Waals surface area contributed by atoms with Crippen LogP contribution in [0.4, 0.5) is 10.3 Å². The normalized spacial score (nSPS) is 18.7. The molecule has 0 saturated carbocycles. The summed E-state index contributed by atoms with van der Waals surface area (Å²) in [7, 11) is -3.57. The fourth-order valence-corrected chi connectivity index (χ4v) is 5.79. The molecule has 0 amide bonds. The van der Waals surface area contributed by atoms with Crippen LogP contribution in [0.15, 0.2) is 53.7 Å². The molecule has 0 N–H and O–H groups in total. The molecule has 1 aromatic heterocycles. The average Bonchev–Trinajstić information content (AvgIpc) is 3.02. The van der Waals surface area contributed by atoms with Crippen LogP contribution in [0.5, 0.6) is 11.5 Å². The molecule has 7 nitrogen and oxygen atoms in total. The Morgan fingerprint density at radius 1 is 1.11 bits per heavy atom. The maximum atomic E-state index is 14.8. The molecule has 0 aliphatic carbocycles. The van der Waals surface area contributed by atoms with E-state index in [0.717, 1.165) is 25.9 Å². The van der Waals surface area contributed by atoms with Gasteiger partial charge in [0.25, 0.3) is 0 Å². The van der Waals surface area contributed by atoms with Gasteiger partial charge >= 0.3 is 0 Å². The first-order chi connectivity index (χ1) is 16.6. The lowest BCUT2D eigenvalue weighted by molar-refractivity contribution is 0.205. The summed E-state index contributed by atoms with van der Waals surface area (Å²) < 4.78 is 51.4. The predicted molar refractivity (Wildman–Crippen MR) is 131 cm³/mol. The summed E-state index contributed by atoms with van der Waals surface area (Å²) in [5.41, 5.74) is 1.28. The first-order valence-corrected chi connectivity index (χ1v) is 13.2. The molecule has 10 heteroatoms.